The summed E-state index contributed by atoms with van der Waals surface area (Å²) in [7, 11) is 0. The number of rotatable bonds is 5. The Hall–Kier alpha value is -1.55. The summed E-state index contributed by atoms with van der Waals surface area (Å²) in [5.41, 5.74) is 6.33. The van der Waals surface area contributed by atoms with E-state index in [1.807, 2.05) is 24.3 Å². The minimum atomic E-state index is -0.297. The quantitative estimate of drug-likeness (QED) is 0.864. The van der Waals surface area contributed by atoms with E-state index in [0.717, 1.165) is 24.8 Å². The average molecular weight is 337 g/mol. The highest BCUT2D eigenvalue weighted by Crippen LogP contribution is 2.32. The number of hydrogen-bond acceptors (Lipinski definition) is 2. The largest absolute Gasteiger partial charge is 0.369 e. The Bertz CT molecular complexity index is 574. The molecule has 2 rings (SSSR count). The van der Waals surface area contributed by atoms with Crippen LogP contribution in [0, 0.1) is 17.8 Å². The number of amides is 2. The number of carbonyl (C=O) groups excluding carboxylic acids is 2. The van der Waals surface area contributed by atoms with Gasteiger partial charge in [0.1, 0.15) is 0 Å². The number of carbonyl (C=O) groups is 2. The Kier molecular flexibility index (Phi) is 6.05. The average Bonchev–Trinajstić information content (AvgIpc) is 2.53. The van der Waals surface area contributed by atoms with Crippen molar-refractivity contribution >= 4 is 23.4 Å². The lowest BCUT2D eigenvalue weighted by atomic mass is 9.80. The molecule has 0 bridgehead atoms. The highest BCUT2D eigenvalue weighted by molar-refractivity contribution is 6.31. The molecule has 23 heavy (non-hydrogen) atoms. The van der Waals surface area contributed by atoms with E-state index in [4.69, 9.17) is 17.3 Å². The van der Waals surface area contributed by atoms with E-state index < -0.39 is 0 Å². The molecule has 3 N–H and O–H groups in total. The fourth-order valence-electron chi connectivity index (χ4n) is 3.29. The predicted octanol–water partition coefficient (Wildman–Crippen LogP) is 3.45. The second-order valence-electron chi connectivity index (χ2n) is 6.71. The van der Waals surface area contributed by atoms with Crippen LogP contribution in [0.25, 0.3) is 0 Å². The third kappa shape index (κ3) is 4.47. The van der Waals surface area contributed by atoms with Crippen LogP contribution in [-0.4, -0.2) is 11.8 Å². The SMILES string of the molecule is CC(C)C(NC(=O)C1CCCC(C(N)=O)C1)c1ccccc1Cl. The summed E-state index contributed by atoms with van der Waals surface area (Å²) in [4.78, 5) is 24.1. The van der Waals surface area contributed by atoms with Crippen LogP contribution in [0.3, 0.4) is 0 Å². The van der Waals surface area contributed by atoms with E-state index in [1.165, 1.54) is 0 Å². The first-order valence-electron chi connectivity index (χ1n) is 8.24. The van der Waals surface area contributed by atoms with E-state index >= 15 is 0 Å². The molecule has 126 valence electrons. The van der Waals surface area contributed by atoms with Crippen LogP contribution in [0.15, 0.2) is 24.3 Å². The summed E-state index contributed by atoms with van der Waals surface area (Å²) in [6.45, 7) is 4.11. The molecule has 4 nitrogen and oxygen atoms in total. The minimum Gasteiger partial charge on any atom is -0.369 e. The molecule has 0 heterocycles. The second-order valence-corrected chi connectivity index (χ2v) is 7.12. The first-order valence-corrected chi connectivity index (χ1v) is 8.62. The van der Waals surface area contributed by atoms with Crippen molar-refractivity contribution in [1.82, 2.24) is 5.32 Å². The van der Waals surface area contributed by atoms with Gasteiger partial charge in [-0.05, 0) is 36.8 Å². The third-order valence-electron chi connectivity index (χ3n) is 4.65. The number of hydrogen-bond donors (Lipinski definition) is 2. The lowest BCUT2D eigenvalue weighted by Gasteiger charge is -2.30. The van der Waals surface area contributed by atoms with Gasteiger partial charge in [-0.15, -0.1) is 0 Å². The van der Waals surface area contributed by atoms with Gasteiger partial charge in [0.2, 0.25) is 11.8 Å². The summed E-state index contributed by atoms with van der Waals surface area (Å²) in [5, 5.41) is 3.78. The lowest BCUT2D eigenvalue weighted by molar-refractivity contribution is -0.129. The Morgan fingerprint density at radius 2 is 1.87 bits per heavy atom. The van der Waals surface area contributed by atoms with E-state index in [9.17, 15) is 9.59 Å². The van der Waals surface area contributed by atoms with Crippen LogP contribution < -0.4 is 11.1 Å². The fraction of sp³-hybridized carbons (Fsp3) is 0.556. The van der Waals surface area contributed by atoms with Crippen molar-refractivity contribution in [3.63, 3.8) is 0 Å². The van der Waals surface area contributed by atoms with E-state index in [1.54, 1.807) is 0 Å². The molecule has 3 atom stereocenters. The zero-order valence-electron chi connectivity index (χ0n) is 13.7. The molecule has 0 aromatic heterocycles. The molecule has 0 spiro atoms. The molecule has 5 heteroatoms. The predicted molar refractivity (Wildman–Crippen MR) is 91.8 cm³/mol. The molecule has 1 aromatic carbocycles. The molecule has 3 unspecified atom stereocenters. The standard InChI is InChI=1S/C18H25ClN2O2/c1-11(2)16(14-8-3-4-9-15(14)19)21-18(23)13-7-5-6-12(10-13)17(20)22/h3-4,8-9,11-13,16H,5-7,10H2,1-2H3,(H2,20,22)(H,21,23). The molecule has 2 amide bonds. The van der Waals surface area contributed by atoms with Gasteiger partial charge in [0, 0.05) is 16.9 Å². The topological polar surface area (TPSA) is 72.2 Å². The normalized spacial score (nSPS) is 22.6. The smallest absolute Gasteiger partial charge is 0.223 e. The monoisotopic (exact) mass is 336 g/mol. The molecule has 1 aliphatic rings. The Labute approximate surface area is 142 Å². The number of nitrogens with two attached hydrogens (primary N) is 1. The first kappa shape index (κ1) is 17.8. The van der Waals surface area contributed by atoms with Crippen molar-refractivity contribution < 1.29 is 9.59 Å². The fourth-order valence-corrected chi connectivity index (χ4v) is 3.54. The van der Waals surface area contributed by atoms with Gasteiger partial charge in [0.15, 0.2) is 0 Å². The minimum absolute atomic E-state index is 0.00503. The van der Waals surface area contributed by atoms with Crippen molar-refractivity contribution in [3.05, 3.63) is 34.9 Å². The molecule has 1 saturated carbocycles. The highest BCUT2D eigenvalue weighted by atomic mass is 35.5. The number of nitrogens with one attached hydrogen (secondary N) is 1. The van der Waals surface area contributed by atoms with Crippen LogP contribution in [0.4, 0.5) is 0 Å². The van der Waals surface area contributed by atoms with Crippen molar-refractivity contribution in [2.24, 2.45) is 23.5 Å². The highest BCUT2D eigenvalue weighted by Gasteiger charge is 2.31. The van der Waals surface area contributed by atoms with Crippen molar-refractivity contribution in [2.75, 3.05) is 0 Å². The van der Waals surface area contributed by atoms with Gasteiger partial charge >= 0.3 is 0 Å². The number of benzene rings is 1. The molecule has 0 saturated heterocycles. The van der Waals surface area contributed by atoms with E-state index in [-0.39, 0.29) is 35.6 Å². The lowest BCUT2D eigenvalue weighted by Crippen LogP contribution is -2.40. The van der Waals surface area contributed by atoms with Crippen LogP contribution in [0.2, 0.25) is 5.02 Å². The maximum Gasteiger partial charge on any atom is 0.223 e. The molecular weight excluding hydrogens is 312 g/mol. The molecule has 0 aliphatic heterocycles. The molecule has 1 fully saturated rings. The van der Waals surface area contributed by atoms with Crippen LogP contribution in [0.5, 0.6) is 0 Å². The summed E-state index contributed by atoms with van der Waals surface area (Å²) < 4.78 is 0. The van der Waals surface area contributed by atoms with Crippen LogP contribution >= 0.6 is 11.6 Å². The number of primary amides is 1. The summed E-state index contributed by atoms with van der Waals surface area (Å²) >= 11 is 6.28. The van der Waals surface area contributed by atoms with Crippen molar-refractivity contribution in [3.8, 4) is 0 Å². The van der Waals surface area contributed by atoms with Gasteiger partial charge in [0.25, 0.3) is 0 Å². The zero-order chi connectivity index (χ0) is 17.0. The van der Waals surface area contributed by atoms with Crippen molar-refractivity contribution in [1.29, 1.82) is 0 Å². The summed E-state index contributed by atoms with van der Waals surface area (Å²) in [6.07, 6.45) is 3.01. The van der Waals surface area contributed by atoms with E-state index in [0.29, 0.717) is 11.4 Å². The van der Waals surface area contributed by atoms with Crippen molar-refractivity contribution in [2.45, 2.75) is 45.6 Å². The molecule has 0 radical (unpaired) electrons. The van der Waals surface area contributed by atoms with Crippen LogP contribution in [-0.2, 0) is 9.59 Å². The zero-order valence-corrected chi connectivity index (χ0v) is 14.5. The van der Waals surface area contributed by atoms with Gasteiger partial charge in [0.05, 0.1) is 6.04 Å². The number of halogens is 1. The van der Waals surface area contributed by atoms with Gasteiger partial charge in [-0.3, -0.25) is 9.59 Å². The van der Waals surface area contributed by atoms with Crippen LogP contribution in [0.1, 0.15) is 51.1 Å². The van der Waals surface area contributed by atoms with Gasteiger partial charge in [-0.1, -0.05) is 50.1 Å². The molecular formula is C18H25ClN2O2. The molecule has 1 aliphatic carbocycles. The van der Waals surface area contributed by atoms with Gasteiger partial charge in [-0.25, -0.2) is 0 Å². The second kappa shape index (κ2) is 7.82. The first-order chi connectivity index (χ1) is 10.9. The maximum absolute atomic E-state index is 12.7. The van der Waals surface area contributed by atoms with E-state index in [2.05, 4.69) is 19.2 Å². The Balaban J connectivity index is 2.10. The maximum atomic E-state index is 12.7. The molecule has 1 aromatic rings. The Morgan fingerprint density at radius 3 is 2.48 bits per heavy atom. The third-order valence-corrected chi connectivity index (χ3v) is 5.00. The van der Waals surface area contributed by atoms with Gasteiger partial charge in [-0.2, -0.15) is 0 Å². The Morgan fingerprint density at radius 1 is 1.22 bits per heavy atom. The van der Waals surface area contributed by atoms with Gasteiger partial charge < -0.3 is 11.1 Å². The summed E-state index contributed by atoms with van der Waals surface area (Å²) in [6, 6.07) is 7.45. The summed E-state index contributed by atoms with van der Waals surface area (Å²) in [5.74, 6) is -0.416.